The summed E-state index contributed by atoms with van der Waals surface area (Å²) in [5.41, 5.74) is 1.08. The molecule has 1 N–H and O–H groups in total. The summed E-state index contributed by atoms with van der Waals surface area (Å²) in [6.07, 6.45) is 1.32. The number of methoxy groups -OCH3 is 1. The number of para-hydroxylation sites is 1. The van der Waals surface area contributed by atoms with Gasteiger partial charge in [-0.2, -0.15) is 0 Å². The van der Waals surface area contributed by atoms with E-state index in [1.165, 1.54) is 4.70 Å². The number of fused-ring (bicyclic) bond motifs is 1. The fourth-order valence-electron chi connectivity index (χ4n) is 2.65. The lowest BCUT2D eigenvalue weighted by molar-refractivity contribution is 0.0630. The van der Waals surface area contributed by atoms with Crippen LogP contribution in [0.5, 0.6) is 0 Å². The van der Waals surface area contributed by atoms with Crippen LogP contribution >= 0.6 is 11.3 Å². The highest BCUT2D eigenvalue weighted by Gasteiger charge is 2.29. The van der Waals surface area contributed by atoms with E-state index in [0.717, 1.165) is 30.2 Å². The van der Waals surface area contributed by atoms with Gasteiger partial charge in [-0.1, -0.05) is 23.5 Å². The molecular weight excluding hydrogens is 258 g/mol. The smallest absolute Gasteiger partial charge is 0.186 e. The van der Waals surface area contributed by atoms with Crippen molar-refractivity contribution in [1.29, 1.82) is 0 Å². The molecule has 1 saturated heterocycles. The zero-order chi connectivity index (χ0) is 13.2. The summed E-state index contributed by atoms with van der Waals surface area (Å²) in [5.74, 6) is 0. The monoisotopic (exact) mass is 277 g/mol. The molecule has 102 valence electrons. The summed E-state index contributed by atoms with van der Waals surface area (Å²) in [5, 5.41) is 4.46. The second-order valence-electron chi connectivity index (χ2n) is 4.91. The topological polar surface area (TPSA) is 37.4 Å². The minimum Gasteiger partial charge on any atom is -0.378 e. The van der Waals surface area contributed by atoms with E-state index in [2.05, 4.69) is 35.5 Å². The lowest BCUT2D eigenvalue weighted by Gasteiger charge is -2.37. The first-order valence-electron chi connectivity index (χ1n) is 6.61. The summed E-state index contributed by atoms with van der Waals surface area (Å²) in [4.78, 5) is 7.00. The molecule has 5 heteroatoms. The van der Waals surface area contributed by atoms with Crippen LogP contribution in [0.25, 0.3) is 10.2 Å². The molecule has 0 bridgehead atoms. The van der Waals surface area contributed by atoms with Gasteiger partial charge in [-0.15, -0.1) is 0 Å². The number of hydrogen-bond acceptors (Lipinski definition) is 5. The molecule has 0 spiro atoms. The molecule has 0 amide bonds. The fourth-order valence-corrected chi connectivity index (χ4v) is 3.64. The number of nitrogens with one attached hydrogen (secondary N) is 1. The van der Waals surface area contributed by atoms with Crippen LogP contribution in [0.3, 0.4) is 0 Å². The number of benzene rings is 1. The van der Waals surface area contributed by atoms with E-state index in [4.69, 9.17) is 9.72 Å². The lowest BCUT2D eigenvalue weighted by Crippen LogP contribution is -2.52. The first-order valence-corrected chi connectivity index (χ1v) is 7.43. The van der Waals surface area contributed by atoms with Gasteiger partial charge in [0.05, 0.1) is 22.4 Å². The number of thiazole rings is 1. The highest BCUT2D eigenvalue weighted by atomic mass is 32.1. The molecule has 1 aromatic carbocycles. The van der Waals surface area contributed by atoms with Crippen molar-refractivity contribution >= 4 is 26.7 Å². The molecule has 2 aromatic rings. The van der Waals surface area contributed by atoms with Crippen LogP contribution in [0.2, 0.25) is 0 Å². The van der Waals surface area contributed by atoms with Crippen LogP contribution in [-0.4, -0.2) is 44.4 Å². The molecule has 3 rings (SSSR count). The molecule has 0 aliphatic carbocycles. The third-order valence-electron chi connectivity index (χ3n) is 3.78. The van der Waals surface area contributed by atoms with Crippen LogP contribution < -0.4 is 10.2 Å². The Morgan fingerprint density at radius 3 is 3.05 bits per heavy atom. The highest BCUT2D eigenvalue weighted by molar-refractivity contribution is 7.22. The Morgan fingerprint density at radius 2 is 2.26 bits per heavy atom. The summed E-state index contributed by atoms with van der Waals surface area (Å²) in [6, 6.07) is 8.69. The van der Waals surface area contributed by atoms with Gasteiger partial charge >= 0.3 is 0 Å². The van der Waals surface area contributed by atoms with E-state index in [0.29, 0.717) is 6.04 Å². The van der Waals surface area contributed by atoms with Crippen molar-refractivity contribution in [2.45, 2.75) is 18.6 Å². The Kier molecular flexibility index (Phi) is 3.68. The van der Waals surface area contributed by atoms with E-state index in [1.807, 2.05) is 6.07 Å². The molecule has 0 unspecified atom stereocenters. The standard InChI is InChI=1S/C14H19N3OS/c1-17(11-7-8-15-9-12(11)18-2)14-16-10-5-3-4-6-13(10)19-14/h3-6,11-12,15H,7-9H2,1-2H3/t11-,12+/m1/s1. The zero-order valence-corrected chi connectivity index (χ0v) is 12.1. The number of anilines is 1. The Balaban J connectivity index is 1.87. The van der Waals surface area contributed by atoms with Crippen LogP contribution in [0.1, 0.15) is 6.42 Å². The first-order chi connectivity index (χ1) is 9.29. The Hall–Kier alpha value is -1.17. The largest absolute Gasteiger partial charge is 0.378 e. The van der Waals surface area contributed by atoms with Gasteiger partial charge in [0.2, 0.25) is 0 Å². The van der Waals surface area contributed by atoms with Gasteiger partial charge in [-0.05, 0) is 25.1 Å². The molecule has 19 heavy (non-hydrogen) atoms. The van der Waals surface area contributed by atoms with E-state index < -0.39 is 0 Å². The molecule has 2 heterocycles. The maximum Gasteiger partial charge on any atom is 0.186 e. The number of rotatable bonds is 3. The molecular formula is C14H19N3OS. The summed E-state index contributed by atoms with van der Waals surface area (Å²) in [7, 11) is 3.91. The van der Waals surface area contributed by atoms with Crippen molar-refractivity contribution in [3.63, 3.8) is 0 Å². The molecule has 1 aromatic heterocycles. The van der Waals surface area contributed by atoms with E-state index in [9.17, 15) is 0 Å². The molecule has 2 atom stereocenters. The summed E-state index contributed by atoms with van der Waals surface area (Å²) >= 11 is 1.75. The molecule has 1 fully saturated rings. The average molecular weight is 277 g/mol. The van der Waals surface area contributed by atoms with Gasteiger partial charge < -0.3 is 15.0 Å². The maximum absolute atomic E-state index is 5.59. The Bertz CT molecular complexity index is 523. The predicted molar refractivity (Wildman–Crippen MR) is 80.1 cm³/mol. The van der Waals surface area contributed by atoms with Crippen LogP contribution in [0.4, 0.5) is 5.13 Å². The molecule has 1 aliphatic rings. The zero-order valence-electron chi connectivity index (χ0n) is 11.3. The molecule has 1 aliphatic heterocycles. The summed E-state index contributed by atoms with van der Waals surface area (Å²) < 4.78 is 6.84. The van der Waals surface area contributed by atoms with Crippen LogP contribution in [0.15, 0.2) is 24.3 Å². The fraction of sp³-hybridized carbons (Fsp3) is 0.500. The van der Waals surface area contributed by atoms with Gasteiger partial charge in [0.25, 0.3) is 0 Å². The third kappa shape index (κ3) is 2.45. The van der Waals surface area contributed by atoms with Crippen molar-refractivity contribution in [2.24, 2.45) is 0 Å². The second-order valence-corrected chi connectivity index (χ2v) is 5.92. The van der Waals surface area contributed by atoms with Gasteiger partial charge in [-0.3, -0.25) is 0 Å². The van der Waals surface area contributed by atoms with Crippen molar-refractivity contribution in [1.82, 2.24) is 10.3 Å². The minimum atomic E-state index is 0.228. The number of likely N-dealkylation sites (N-methyl/N-ethyl adjacent to an activating group) is 1. The van der Waals surface area contributed by atoms with Crippen molar-refractivity contribution in [3.05, 3.63) is 24.3 Å². The van der Waals surface area contributed by atoms with E-state index >= 15 is 0 Å². The van der Waals surface area contributed by atoms with Gasteiger partial charge in [0.15, 0.2) is 5.13 Å². The van der Waals surface area contributed by atoms with Gasteiger partial charge in [0.1, 0.15) is 0 Å². The van der Waals surface area contributed by atoms with Crippen LogP contribution in [-0.2, 0) is 4.74 Å². The third-order valence-corrected chi connectivity index (χ3v) is 4.90. The average Bonchev–Trinajstić information content (AvgIpc) is 2.90. The normalized spacial score (nSPS) is 23.7. The quantitative estimate of drug-likeness (QED) is 0.932. The van der Waals surface area contributed by atoms with Crippen molar-refractivity contribution in [3.8, 4) is 0 Å². The molecule has 0 radical (unpaired) electrons. The minimum absolute atomic E-state index is 0.228. The first kappa shape index (κ1) is 12.8. The predicted octanol–water partition coefficient (Wildman–Crippen LogP) is 2.11. The second kappa shape index (κ2) is 5.45. The number of aromatic nitrogens is 1. The number of hydrogen-bond donors (Lipinski definition) is 1. The van der Waals surface area contributed by atoms with E-state index in [-0.39, 0.29) is 6.10 Å². The van der Waals surface area contributed by atoms with Crippen molar-refractivity contribution < 1.29 is 4.74 Å². The van der Waals surface area contributed by atoms with Gasteiger partial charge in [0, 0.05) is 20.7 Å². The van der Waals surface area contributed by atoms with Crippen LogP contribution in [0, 0.1) is 0 Å². The Labute approximate surface area is 117 Å². The van der Waals surface area contributed by atoms with E-state index in [1.54, 1.807) is 18.4 Å². The summed E-state index contributed by atoms with van der Waals surface area (Å²) in [6.45, 7) is 1.95. The maximum atomic E-state index is 5.59. The molecule has 0 saturated carbocycles. The number of nitrogens with zero attached hydrogens (tertiary/aromatic N) is 2. The number of piperidine rings is 1. The lowest BCUT2D eigenvalue weighted by atomic mass is 10.0. The van der Waals surface area contributed by atoms with Crippen molar-refractivity contribution in [2.75, 3.05) is 32.1 Å². The number of ether oxygens (including phenoxy) is 1. The highest BCUT2D eigenvalue weighted by Crippen LogP contribution is 2.30. The Morgan fingerprint density at radius 1 is 1.42 bits per heavy atom. The van der Waals surface area contributed by atoms with Gasteiger partial charge in [-0.25, -0.2) is 4.98 Å². The molecule has 4 nitrogen and oxygen atoms in total. The SMILES string of the molecule is CO[C@H]1CNCC[C@H]1N(C)c1nc2ccccc2s1.